The molecular formula is C17H17NO2S. The van der Waals surface area contributed by atoms with Crippen molar-refractivity contribution in [2.45, 2.75) is 20.4 Å². The SMILES string of the molecule is Cc1cc(C(=O)NCc2sccc2C)ccc1C#CCO. The molecule has 0 spiro atoms. The topological polar surface area (TPSA) is 49.3 Å². The Hall–Kier alpha value is -2.09. The van der Waals surface area contributed by atoms with Gasteiger partial charge in [-0.15, -0.1) is 11.3 Å². The van der Waals surface area contributed by atoms with Crippen LogP contribution in [0.15, 0.2) is 29.6 Å². The molecule has 0 radical (unpaired) electrons. The van der Waals surface area contributed by atoms with Gasteiger partial charge in [-0.05, 0) is 54.6 Å². The highest BCUT2D eigenvalue weighted by Crippen LogP contribution is 2.15. The van der Waals surface area contributed by atoms with E-state index in [2.05, 4.69) is 17.2 Å². The maximum atomic E-state index is 12.1. The normalized spacial score (nSPS) is 9.86. The quantitative estimate of drug-likeness (QED) is 0.856. The van der Waals surface area contributed by atoms with Crippen LogP contribution in [0.25, 0.3) is 0 Å². The first-order chi connectivity index (χ1) is 10.1. The van der Waals surface area contributed by atoms with Crippen molar-refractivity contribution in [2.24, 2.45) is 0 Å². The number of aliphatic hydroxyl groups is 1. The van der Waals surface area contributed by atoms with Crippen molar-refractivity contribution in [3.63, 3.8) is 0 Å². The van der Waals surface area contributed by atoms with E-state index in [1.807, 2.05) is 37.4 Å². The molecule has 21 heavy (non-hydrogen) atoms. The van der Waals surface area contributed by atoms with Crippen LogP contribution in [0.5, 0.6) is 0 Å². The average Bonchev–Trinajstić information content (AvgIpc) is 2.88. The number of hydrogen-bond acceptors (Lipinski definition) is 3. The van der Waals surface area contributed by atoms with E-state index < -0.39 is 0 Å². The van der Waals surface area contributed by atoms with Crippen molar-refractivity contribution in [1.82, 2.24) is 5.32 Å². The predicted octanol–water partition coefficient (Wildman–Crippen LogP) is 2.64. The second-order valence-electron chi connectivity index (χ2n) is 4.70. The molecular weight excluding hydrogens is 282 g/mol. The molecule has 2 N–H and O–H groups in total. The molecule has 1 aromatic heterocycles. The van der Waals surface area contributed by atoms with Crippen LogP contribution in [-0.4, -0.2) is 17.6 Å². The summed E-state index contributed by atoms with van der Waals surface area (Å²) in [5.41, 5.74) is 3.58. The third-order valence-electron chi connectivity index (χ3n) is 3.17. The molecule has 1 heterocycles. The molecule has 0 aliphatic heterocycles. The number of hydrogen-bond donors (Lipinski definition) is 2. The van der Waals surface area contributed by atoms with Crippen LogP contribution in [-0.2, 0) is 6.54 Å². The molecule has 0 bridgehead atoms. The van der Waals surface area contributed by atoms with Gasteiger partial charge in [0.15, 0.2) is 0 Å². The van der Waals surface area contributed by atoms with E-state index in [1.54, 1.807) is 17.4 Å². The number of aryl methyl sites for hydroxylation is 2. The fourth-order valence-electron chi connectivity index (χ4n) is 1.93. The average molecular weight is 299 g/mol. The van der Waals surface area contributed by atoms with E-state index in [-0.39, 0.29) is 12.5 Å². The summed E-state index contributed by atoms with van der Waals surface area (Å²) >= 11 is 1.64. The molecule has 3 nitrogen and oxygen atoms in total. The number of carbonyl (C=O) groups is 1. The Morgan fingerprint density at radius 3 is 2.71 bits per heavy atom. The van der Waals surface area contributed by atoms with Crippen molar-refractivity contribution < 1.29 is 9.90 Å². The van der Waals surface area contributed by atoms with Gasteiger partial charge in [0.25, 0.3) is 5.91 Å². The Labute approximate surface area is 128 Å². The minimum absolute atomic E-state index is 0.0902. The minimum Gasteiger partial charge on any atom is -0.384 e. The summed E-state index contributed by atoms with van der Waals surface area (Å²) in [5, 5.41) is 13.7. The van der Waals surface area contributed by atoms with Gasteiger partial charge in [0.05, 0.1) is 6.54 Å². The Kier molecular flexibility index (Phi) is 5.15. The van der Waals surface area contributed by atoms with E-state index in [4.69, 9.17) is 5.11 Å². The van der Waals surface area contributed by atoms with Gasteiger partial charge in [0.2, 0.25) is 0 Å². The summed E-state index contributed by atoms with van der Waals surface area (Å²) < 4.78 is 0. The standard InChI is InChI=1S/C17H17NO2S/c1-12-7-9-21-16(12)11-18-17(20)15-6-5-14(4-3-8-19)13(2)10-15/h5-7,9-10,19H,8,11H2,1-2H3,(H,18,20). The molecule has 1 aromatic carbocycles. The van der Waals surface area contributed by atoms with Gasteiger partial charge in [-0.25, -0.2) is 0 Å². The van der Waals surface area contributed by atoms with Gasteiger partial charge in [0, 0.05) is 16.0 Å². The van der Waals surface area contributed by atoms with Crippen LogP contribution in [0.3, 0.4) is 0 Å². The minimum atomic E-state index is -0.165. The highest BCUT2D eigenvalue weighted by molar-refractivity contribution is 7.10. The molecule has 0 fully saturated rings. The zero-order valence-corrected chi connectivity index (χ0v) is 12.9. The molecule has 0 aliphatic rings. The molecule has 0 saturated carbocycles. The number of rotatable bonds is 3. The van der Waals surface area contributed by atoms with Crippen molar-refractivity contribution in [1.29, 1.82) is 0 Å². The lowest BCUT2D eigenvalue weighted by atomic mass is 10.0. The Balaban J connectivity index is 2.06. The molecule has 0 saturated heterocycles. The van der Waals surface area contributed by atoms with E-state index in [0.717, 1.165) is 11.1 Å². The van der Waals surface area contributed by atoms with E-state index in [0.29, 0.717) is 12.1 Å². The molecule has 2 rings (SSSR count). The molecule has 1 amide bonds. The van der Waals surface area contributed by atoms with E-state index in [9.17, 15) is 4.79 Å². The van der Waals surface area contributed by atoms with Crippen LogP contribution >= 0.6 is 11.3 Å². The monoisotopic (exact) mass is 299 g/mol. The van der Waals surface area contributed by atoms with Gasteiger partial charge in [0.1, 0.15) is 6.61 Å². The van der Waals surface area contributed by atoms with Gasteiger partial charge >= 0.3 is 0 Å². The second kappa shape index (κ2) is 7.07. The number of carbonyl (C=O) groups excluding carboxylic acids is 1. The lowest BCUT2D eigenvalue weighted by Crippen LogP contribution is -2.22. The third kappa shape index (κ3) is 3.94. The summed E-state index contributed by atoms with van der Waals surface area (Å²) in [6, 6.07) is 7.43. The maximum absolute atomic E-state index is 12.1. The predicted molar refractivity (Wildman–Crippen MR) is 85.4 cm³/mol. The lowest BCUT2D eigenvalue weighted by Gasteiger charge is -2.06. The van der Waals surface area contributed by atoms with Crippen molar-refractivity contribution in [2.75, 3.05) is 6.61 Å². The summed E-state index contributed by atoms with van der Waals surface area (Å²) in [4.78, 5) is 13.3. The lowest BCUT2D eigenvalue weighted by molar-refractivity contribution is 0.0951. The van der Waals surface area contributed by atoms with Crippen molar-refractivity contribution in [3.05, 3.63) is 56.8 Å². The molecule has 0 aliphatic carbocycles. The molecule has 0 atom stereocenters. The van der Waals surface area contributed by atoms with Crippen LogP contribution in [0, 0.1) is 25.7 Å². The fraction of sp³-hybridized carbons (Fsp3) is 0.235. The molecule has 4 heteroatoms. The second-order valence-corrected chi connectivity index (χ2v) is 5.70. The number of thiophene rings is 1. The molecule has 2 aromatic rings. The largest absolute Gasteiger partial charge is 0.384 e. The van der Waals surface area contributed by atoms with E-state index in [1.165, 1.54) is 10.4 Å². The Morgan fingerprint density at radius 1 is 1.29 bits per heavy atom. The number of nitrogens with one attached hydrogen (secondary N) is 1. The van der Waals surface area contributed by atoms with Crippen molar-refractivity contribution in [3.8, 4) is 11.8 Å². The summed E-state index contributed by atoms with van der Waals surface area (Å²) in [6.45, 7) is 4.33. The third-order valence-corrected chi connectivity index (χ3v) is 4.19. The van der Waals surface area contributed by atoms with Gasteiger partial charge in [-0.3, -0.25) is 4.79 Å². The van der Waals surface area contributed by atoms with Gasteiger partial charge in [-0.2, -0.15) is 0 Å². The van der Waals surface area contributed by atoms with Gasteiger partial charge < -0.3 is 10.4 Å². The highest BCUT2D eigenvalue weighted by atomic mass is 32.1. The Bertz CT molecular complexity index is 707. The van der Waals surface area contributed by atoms with Crippen LogP contribution in [0.1, 0.15) is 31.9 Å². The molecule has 0 unspecified atom stereocenters. The highest BCUT2D eigenvalue weighted by Gasteiger charge is 2.08. The van der Waals surface area contributed by atoms with Crippen LogP contribution in [0.4, 0.5) is 0 Å². The zero-order chi connectivity index (χ0) is 15.2. The van der Waals surface area contributed by atoms with Crippen molar-refractivity contribution >= 4 is 17.2 Å². The Morgan fingerprint density at radius 2 is 2.10 bits per heavy atom. The first kappa shape index (κ1) is 15.3. The van der Waals surface area contributed by atoms with E-state index >= 15 is 0 Å². The van der Waals surface area contributed by atoms with Gasteiger partial charge in [-0.1, -0.05) is 11.8 Å². The number of benzene rings is 1. The maximum Gasteiger partial charge on any atom is 0.251 e. The summed E-state index contributed by atoms with van der Waals surface area (Å²) in [6.07, 6.45) is 0. The smallest absolute Gasteiger partial charge is 0.251 e. The first-order valence-corrected chi connectivity index (χ1v) is 7.51. The summed E-state index contributed by atoms with van der Waals surface area (Å²) in [7, 11) is 0. The van der Waals surface area contributed by atoms with Crippen LogP contribution in [0.2, 0.25) is 0 Å². The molecule has 108 valence electrons. The number of amides is 1. The number of aliphatic hydroxyl groups excluding tert-OH is 1. The van der Waals surface area contributed by atoms with Crippen LogP contribution < -0.4 is 5.32 Å². The summed E-state index contributed by atoms with van der Waals surface area (Å²) in [5.74, 6) is 5.38. The first-order valence-electron chi connectivity index (χ1n) is 6.63. The zero-order valence-electron chi connectivity index (χ0n) is 12.1. The fourth-order valence-corrected chi connectivity index (χ4v) is 2.77.